The van der Waals surface area contributed by atoms with E-state index < -0.39 is 23.3 Å². The summed E-state index contributed by atoms with van der Waals surface area (Å²) in [6.45, 7) is 3.45. The number of hydrogen-bond donors (Lipinski definition) is 1. The predicted octanol–water partition coefficient (Wildman–Crippen LogP) is 4.46. The molecule has 1 heterocycles. The molecule has 1 fully saturated rings. The van der Waals surface area contributed by atoms with Gasteiger partial charge in [0.25, 0.3) is 5.91 Å². The van der Waals surface area contributed by atoms with Crippen LogP contribution in [0.15, 0.2) is 72.8 Å². The first-order valence-electron chi connectivity index (χ1n) is 10.7. The van der Waals surface area contributed by atoms with Crippen LogP contribution in [-0.4, -0.2) is 33.2 Å². The van der Waals surface area contributed by atoms with E-state index in [1.807, 2.05) is 0 Å². The molecule has 8 heteroatoms. The van der Waals surface area contributed by atoms with Gasteiger partial charge in [0.1, 0.15) is 22.9 Å². The van der Waals surface area contributed by atoms with Gasteiger partial charge in [0, 0.05) is 17.7 Å². The Balaban J connectivity index is 1.46. The number of primary amides is 1. The molecule has 0 atom stereocenters. The summed E-state index contributed by atoms with van der Waals surface area (Å²) in [6.07, 6.45) is 0. The van der Waals surface area contributed by atoms with Crippen molar-refractivity contribution in [1.29, 1.82) is 0 Å². The highest BCUT2D eigenvalue weighted by atomic mass is 19.1. The lowest BCUT2D eigenvalue weighted by Gasteiger charge is -2.27. The van der Waals surface area contributed by atoms with E-state index >= 15 is 0 Å². The van der Waals surface area contributed by atoms with Gasteiger partial charge in [-0.3, -0.25) is 14.5 Å². The maximum atomic E-state index is 14.1. The number of nitrogens with zero attached hydrogens (tertiary/aromatic N) is 2. The summed E-state index contributed by atoms with van der Waals surface area (Å²) in [5.74, 6) is -0.233. The molecule has 174 valence electrons. The summed E-state index contributed by atoms with van der Waals surface area (Å²) in [5, 5.41) is 0. The van der Waals surface area contributed by atoms with Gasteiger partial charge in [-0.2, -0.15) is 0 Å². The topological polar surface area (TPSA) is 92.9 Å². The van der Waals surface area contributed by atoms with Gasteiger partial charge in [0.05, 0.1) is 6.54 Å². The molecule has 0 aromatic heterocycles. The molecule has 0 spiro atoms. The Labute approximate surface area is 196 Å². The molecular formula is C26H24FN3O4. The van der Waals surface area contributed by atoms with Crippen LogP contribution in [0.4, 0.5) is 9.18 Å². The molecule has 0 aliphatic carbocycles. The Morgan fingerprint density at radius 1 is 0.912 bits per heavy atom. The molecular weight excluding hydrogens is 437 g/mol. The molecule has 2 N–H and O–H groups in total. The van der Waals surface area contributed by atoms with E-state index in [1.165, 1.54) is 11.0 Å². The lowest BCUT2D eigenvalue weighted by molar-refractivity contribution is -0.132. The van der Waals surface area contributed by atoms with E-state index in [2.05, 4.69) is 0 Å². The first kappa shape index (κ1) is 23.0. The van der Waals surface area contributed by atoms with Crippen molar-refractivity contribution in [1.82, 2.24) is 9.80 Å². The highest BCUT2D eigenvalue weighted by Gasteiger charge is 2.51. The van der Waals surface area contributed by atoms with Gasteiger partial charge in [-0.25, -0.2) is 9.18 Å². The van der Waals surface area contributed by atoms with Gasteiger partial charge in [-0.1, -0.05) is 30.3 Å². The summed E-state index contributed by atoms with van der Waals surface area (Å²) in [7, 11) is 0. The van der Waals surface area contributed by atoms with E-state index in [0.717, 1.165) is 10.5 Å². The third-order valence-corrected chi connectivity index (χ3v) is 5.83. The Morgan fingerprint density at radius 3 is 2.09 bits per heavy atom. The standard InChI is InChI=1S/C26H24FN3O4/c1-26(2)24(32)29(16-19-5-3-4-6-22(19)27)25(33)30(26)15-17-7-11-20(12-8-17)34-21-13-9-18(10-14-21)23(28)31/h3-14H,15-16H2,1-2H3,(H2,28,31). The van der Waals surface area contributed by atoms with Gasteiger partial charge in [0.2, 0.25) is 5.91 Å². The molecule has 0 unspecified atom stereocenters. The molecule has 1 saturated heterocycles. The van der Waals surface area contributed by atoms with Gasteiger partial charge in [-0.15, -0.1) is 0 Å². The van der Waals surface area contributed by atoms with Crippen LogP contribution in [0.3, 0.4) is 0 Å². The van der Waals surface area contributed by atoms with Crippen LogP contribution in [0.25, 0.3) is 0 Å². The monoisotopic (exact) mass is 461 g/mol. The molecule has 1 aliphatic rings. The minimum atomic E-state index is -1.07. The minimum Gasteiger partial charge on any atom is -0.457 e. The number of amides is 4. The summed E-state index contributed by atoms with van der Waals surface area (Å²) >= 11 is 0. The lowest BCUT2D eigenvalue weighted by Crippen LogP contribution is -2.43. The quantitative estimate of drug-likeness (QED) is 0.526. The molecule has 3 aromatic carbocycles. The van der Waals surface area contributed by atoms with Crippen LogP contribution in [0.2, 0.25) is 0 Å². The predicted molar refractivity (Wildman–Crippen MR) is 123 cm³/mol. The number of rotatable bonds is 7. The molecule has 0 saturated carbocycles. The largest absolute Gasteiger partial charge is 0.457 e. The molecule has 1 aliphatic heterocycles. The maximum Gasteiger partial charge on any atom is 0.328 e. The first-order chi connectivity index (χ1) is 16.2. The Hall–Kier alpha value is -4.20. The second-order valence-electron chi connectivity index (χ2n) is 8.55. The smallest absolute Gasteiger partial charge is 0.328 e. The first-order valence-corrected chi connectivity index (χ1v) is 10.7. The Bertz CT molecular complexity index is 1240. The normalized spacial score (nSPS) is 15.0. The fraction of sp³-hybridized carbons (Fsp3) is 0.192. The fourth-order valence-electron chi connectivity index (χ4n) is 3.79. The molecule has 4 rings (SSSR count). The molecule has 7 nitrogen and oxygen atoms in total. The van der Waals surface area contributed by atoms with E-state index in [1.54, 1.807) is 80.6 Å². The molecule has 0 radical (unpaired) electrons. The maximum absolute atomic E-state index is 14.1. The number of halogens is 1. The van der Waals surface area contributed by atoms with E-state index in [4.69, 9.17) is 10.5 Å². The van der Waals surface area contributed by atoms with Crippen molar-refractivity contribution in [3.63, 3.8) is 0 Å². The molecule has 34 heavy (non-hydrogen) atoms. The van der Waals surface area contributed by atoms with Crippen molar-refractivity contribution in [2.45, 2.75) is 32.5 Å². The van der Waals surface area contributed by atoms with Crippen molar-refractivity contribution in [3.8, 4) is 11.5 Å². The Kier molecular flexibility index (Phi) is 6.06. The van der Waals surface area contributed by atoms with Gasteiger partial charge in [-0.05, 0) is 61.9 Å². The number of nitrogens with two attached hydrogens (primary N) is 1. The number of carbonyl (C=O) groups excluding carboxylic acids is 3. The number of carbonyl (C=O) groups is 3. The zero-order valence-corrected chi connectivity index (χ0v) is 18.8. The van der Waals surface area contributed by atoms with Gasteiger partial charge in [0.15, 0.2) is 0 Å². The van der Waals surface area contributed by atoms with Crippen LogP contribution in [0.5, 0.6) is 11.5 Å². The SMILES string of the molecule is CC1(C)C(=O)N(Cc2ccccc2F)C(=O)N1Cc1ccc(Oc2ccc(C(N)=O)cc2)cc1. The second-order valence-corrected chi connectivity index (χ2v) is 8.55. The van der Waals surface area contributed by atoms with Crippen LogP contribution in [0, 0.1) is 5.82 Å². The van der Waals surface area contributed by atoms with Crippen molar-refractivity contribution >= 4 is 17.8 Å². The molecule has 4 amide bonds. The Morgan fingerprint density at radius 2 is 1.50 bits per heavy atom. The van der Waals surface area contributed by atoms with Crippen LogP contribution in [-0.2, 0) is 17.9 Å². The fourth-order valence-corrected chi connectivity index (χ4v) is 3.79. The number of imide groups is 1. The average molecular weight is 461 g/mol. The number of benzene rings is 3. The second kappa shape index (κ2) is 8.97. The summed E-state index contributed by atoms with van der Waals surface area (Å²) in [4.78, 5) is 39.8. The number of hydrogen-bond acceptors (Lipinski definition) is 4. The molecule has 3 aromatic rings. The highest BCUT2D eigenvalue weighted by Crippen LogP contribution is 2.31. The number of urea groups is 1. The van der Waals surface area contributed by atoms with Crippen molar-refractivity contribution in [2.75, 3.05) is 0 Å². The number of ether oxygens (including phenoxy) is 1. The van der Waals surface area contributed by atoms with E-state index in [-0.39, 0.29) is 24.6 Å². The highest BCUT2D eigenvalue weighted by molar-refractivity contribution is 6.06. The van der Waals surface area contributed by atoms with Crippen LogP contribution >= 0.6 is 0 Å². The van der Waals surface area contributed by atoms with E-state index in [0.29, 0.717) is 17.1 Å². The van der Waals surface area contributed by atoms with E-state index in [9.17, 15) is 18.8 Å². The lowest BCUT2D eigenvalue weighted by atomic mass is 10.0. The minimum absolute atomic E-state index is 0.119. The van der Waals surface area contributed by atoms with Crippen molar-refractivity contribution < 1.29 is 23.5 Å². The van der Waals surface area contributed by atoms with Gasteiger partial charge >= 0.3 is 6.03 Å². The zero-order chi connectivity index (χ0) is 24.5. The third-order valence-electron chi connectivity index (χ3n) is 5.83. The van der Waals surface area contributed by atoms with Crippen molar-refractivity contribution in [3.05, 3.63) is 95.3 Å². The summed E-state index contributed by atoms with van der Waals surface area (Å²) < 4.78 is 19.9. The third kappa shape index (κ3) is 4.47. The van der Waals surface area contributed by atoms with Crippen molar-refractivity contribution in [2.24, 2.45) is 5.73 Å². The summed E-state index contributed by atoms with van der Waals surface area (Å²) in [6, 6.07) is 19.2. The van der Waals surface area contributed by atoms with Crippen LogP contribution < -0.4 is 10.5 Å². The zero-order valence-electron chi connectivity index (χ0n) is 18.8. The van der Waals surface area contributed by atoms with Gasteiger partial charge < -0.3 is 15.4 Å². The average Bonchev–Trinajstić information content (AvgIpc) is 2.97. The summed E-state index contributed by atoms with van der Waals surface area (Å²) in [5.41, 5.74) is 5.65. The van der Waals surface area contributed by atoms with Crippen LogP contribution in [0.1, 0.15) is 35.3 Å². The molecule has 0 bridgehead atoms.